The summed E-state index contributed by atoms with van der Waals surface area (Å²) in [6.07, 6.45) is 0. The van der Waals surface area contributed by atoms with E-state index in [1.807, 2.05) is 0 Å². The molecule has 130 valence electrons. The van der Waals surface area contributed by atoms with Crippen molar-refractivity contribution in [2.24, 2.45) is 0 Å². The Hall–Kier alpha value is 0.0483. The Morgan fingerprint density at radius 1 is 0.429 bits per heavy atom. The molecule has 0 saturated carbocycles. The largest absolute Gasteiger partial charge is 4.00 e. The fourth-order valence-electron chi connectivity index (χ4n) is 0. The number of hydrogen-bond donors (Lipinski definition) is 0. The van der Waals surface area contributed by atoms with E-state index in [-0.39, 0.29) is 21.1 Å². The Kier molecular flexibility index (Phi) is 19.7. The van der Waals surface area contributed by atoms with Crippen LogP contribution in [0.2, 0.25) is 0 Å². The number of rotatable bonds is 0. The predicted molar refractivity (Wildman–Crippen MR) is 43.2 cm³/mol. The third-order valence-electron chi connectivity index (χ3n) is 0. The van der Waals surface area contributed by atoms with Gasteiger partial charge in [-0.05, 0) is 0 Å². The van der Waals surface area contributed by atoms with Gasteiger partial charge in [0.05, 0.1) is 0 Å². The number of halogens is 4. The van der Waals surface area contributed by atoms with Crippen molar-refractivity contribution in [2.75, 3.05) is 0 Å². The molecule has 0 aliphatic heterocycles. The van der Waals surface area contributed by atoms with Crippen molar-refractivity contribution in [3.63, 3.8) is 0 Å². The first kappa shape index (κ1) is 32.8. The quantitative estimate of drug-likeness (QED) is 0.150. The van der Waals surface area contributed by atoms with Crippen molar-refractivity contribution in [3.05, 3.63) is 0 Å². The third kappa shape index (κ3) is 2800000. The molecule has 0 atom stereocenters. The molecule has 0 aliphatic carbocycles. The average Bonchev–Trinajstić information content (AvgIpc) is 1.62. The van der Waals surface area contributed by atoms with Crippen LogP contribution in [0.3, 0.4) is 0 Å². The van der Waals surface area contributed by atoms with Gasteiger partial charge in [0.25, 0.3) is 42.0 Å². The zero-order valence-electron chi connectivity index (χ0n) is 8.45. The normalized spacial score (nSPS) is 11.0. The third-order valence-corrected chi connectivity index (χ3v) is 0. The molecule has 21 heteroatoms. The standard InChI is InChI=1S/4FHO3S.Mo/c4*1-5(2,3)4;/h4*(H,2,3,4);/q;;;;+4/p-4. The summed E-state index contributed by atoms with van der Waals surface area (Å²) >= 11 is 0. The van der Waals surface area contributed by atoms with Crippen LogP contribution in [0.25, 0.3) is 0 Å². The summed E-state index contributed by atoms with van der Waals surface area (Å²) in [6, 6.07) is 0. The fraction of sp³-hybridized carbons (Fsp3) is 0. The van der Waals surface area contributed by atoms with Gasteiger partial charge in [-0.3, -0.25) is 0 Å². The van der Waals surface area contributed by atoms with E-state index in [4.69, 9.17) is 51.9 Å². The van der Waals surface area contributed by atoms with E-state index in [1.54, 1.807) is 0 Å². The van der Waals surface area contributed by atoms with Crippen molar-refractivity contribution in [1.82, 2.24) is 0 Å². The van der Waals surface area contributed by atoms with E-state index >= 15 is 0 Å². The van der Waals surface area contributed by atoms with Gasteiger partial charge in [-0.25, -0.2) is 33.7 Å². The predicted octanol–water partition coefficient (Wildman–Crippen LogP) is -2.34. The molecule has 0 bridgehead atoms. The van der Waals surface area contributed by atoms with Gasteiger partial charge in [0.1, 0.15) is 0 Å². The van der Waals surface area contributed by atoms with Crippen LogP contribution < -0.4 is 0 Å². The van der Waals surface area contributed by atoms with E-state index < -0.39 is 42.0 Å². The summed E-state index contributed by atoms with van der Waals surface area (Å²) in [5.41, 5.74) is 0. The fourth-order valence-corrected chi connectivity index (χ4v) is 0. The maximum Gasteiger partial charge on any atom is 4.00 e. The number of hydrogen-bond acceptors (Lipinski definition) is 12. The molecule has 0 radical (unpaired) electrons. The molecular weight excluding hydrogens is 492 g/mol. The van der Waals surface area contributed by atoms with Crippen molar-refractivity contribution in [1.29, 1.82) is 0 Å². The second kappa shape index (κ2) is 12.6. The maximum atomic E-state index is 10.1. The van der Waals surface area contributed by atoms with Gasteiger partial charge in [0.2, 0.25) is 0 Å². The molecular formula is F4MoO12S4. The monoisotopic (exact) mass is 494 g/mol. The van der Waals surface area contributed by atoms with Gasteiger partial charge in [-0.15, -0.1) is 15.5 Å². The molecule has 0 amide bonds. The van der Waals surface area contributed by atoms with Crippen LogP contribution in [0.4, 0.5) is 15.5 Å². The SMILES string of the molecule is O=S(=O)([O-])F.O=S(=O)([O-])F.O=S(=O)([O-])F.O=S(=O)([O-])F.[Mo+4]. The average molecular weight is 492 g/mol. The van der Waals surface area contributed by atoms with Gasteiger partial charge in [-0.2, -0.15) is 0 Å². The Morgan fingerprint density at radius 2 is 0.429 bits per heavy atom. The smallest absolute Gasteiger partial charge is 0.722 e. The second-order valence-corrected chi connectivity index (χ2v) is 4.72. The van der Waals surface area contributed by atoms with Crippen LogP contribution in [-0.4, -0.2) is 51.9 Å². The van der Waals surface area contributed by atoms with E-state index in [0.29, 0.717) is 0 Å². The van der Waals surface area contributed by atoms with Crippen LogP contribution >= 0.6 is 0 Å². The first-order chi connectivity index (χ1) is 8.00. The van der Waals surface area contributed by atoms with E-state index in [2.05, 4.69) is 0 Å². The first-order valence-corrected chi connectivity index (χ1v) is 7.85. The van der Waals surface area contributed by atoms with Crippen molar-refractivity contribution in [2.45, 2.75) is 0 Å². The molecule has 21 heavy (non-hydrogen) atoms. The van der Waals surface area contributed by atoms with Crippen LogP contribution in [-0.2, 0) is 63.1 Å². The molecule has 0 aromatic carbocycles. The van der Waals surface area contributed by atoms with Gasteiger partial charge in [-0.1, -0.05) is 0 Å². The summed E-state index contributed by atoms with van der Waals surface area (Å²) in [7, 11) is -21.7. The summed E-state index contributed by atoms with van der Waals surface area (Å²) in [5, 5.41) is 0. The van der Waals surface area contributed by atoms with Crippen molar-refractivity contribution < 1.29 is 88.5 Å². The second-order valence-electron chi connectivity index (χ2n) is 1.57. The molecule has 0 heterocycles. The Morgan fingerprint density at radius 3 is 0.429 bits per heavy atom. The molecule has 0 aliphatic rings. The topological polar surface area (TPSA) is 229 Å². The zero-order chi connectivity index (χ0) is 18.0. The van der Waals surface area contributed by atoms with Crippen LogP contribution in [0, 0.1) is 0 Å². The van der Waals surface area contributed by atoms with Gasteiger partial charge in [0, 0.05) is 0 Å². The Balaban J connectivity index is -0.0000000533. The Labute approximate surface area is 130 Å². The molecule has 0 fully saturated rings. The summed E-state index contributed by atoms with van der Waals surface area (Å²) in [6.45, 7) is 0. The first-order valence-electron chi connectivity index (χ1n) is 2.62. The van der Waals surface area contributed by atoms with Crippen molar-refractivity contribution in [3.8, 4) is 0 Å². The zero-order valence-corrected chi connectivity index (χ0v) is 13.7. The van der Waals surface area contributed by atoms with Gasteiger partial charge in [0.15, 0.2) is 0 Å². The maximum absolute atomic E-state index is 10.1. The summed E-state index contributed by atoms with van der Waals surface area (Å²) < 4.78 is 141. The van der Waals surface area contributed by atoms with Crippen LogP contribution in [0.5, 0.6) is 0 Å². The minimum atomic E-state index is -5.42. The van der Waals surface area contributed by atoms with Crippen molar-refractivity contribution >= 4 is 42.0 Å². The molecule has 0 rings (SSSR count). The van der Waals surface area contributed by atoms with E-state index in [1.165, 1.54) is 0 Å². The summed E-state index contributed by atoms with van der Waals surface area (Å²) in [5.74, 6) is 0. The van der Waals surface area contributed by atoms with Gasteiger partial charge < -0.3 is 18.2 Å². The van der Waals surface area contributed by atoms with Gasteiger partial charge >= 0.3 is 21.1 Å². The molecule has 0 unspecified atom stereocenters. The van der Waals surface area contributed by atoms with Crippen LogP contribution in [0.15, 0.2) is 0 Å². The minimum absolute atomic E-state index is 0. The summed E-state index contributed by atoms with van der Waals surface area (Å²) in [4.78, 5) is 0. The molecule has 0 aromatic heterocycles. The van der Waals surface area contributed by atoms with E-state index in [0.717, 1.165) is 0 Å². The molecule has 0 saturated heterocycles. The van der Waals surface area contributed by atoms with Crippen LogP contribution in [0.1, 0.15) is 0 Å². The molecule has 0 N–H and O–H groups in total. The minimum Gasteiger partial charge on any atom is -0.722 e. The molecule has 0 aromatic rings. The van der Waals surface area contributed by atoms with E-state index in [9.17, 15) is 15.5 Å². The Bertz CT molecular complexity index is 486. The molecule has 0 spiro atoms. The molecule has 12 nitrogen and oxygen atoms in total.